The summed E-state index contributed by atoms with van der Waals surface area (Å²) in [7, 11) is 0. The van der Waals surface area contributed by atoms with E-state index in [0.717, 1.165) is 17.2 Å². The van der Waals surface area contributed by atoms with Gasteiger partial charge in [-0.1, -0.05) is 18.5 Å². The summed E-state index contributed by atoms with van der Waals surface area (Å²) in [6.07, 6.45) is 1.18. The van der Waals surface area contributed by atoms with E-state index in [4.69, 9.17) is 16.3 Å². The van der Waals surface area contributed by atoms with Gasteiger partial charge in [-0.25, -0.2) is 0 Å². The Bertz CT molecular complexity index is 281. The van der Waals surface area contributed by atoms with Crippen molar-refractivity contribution in [3.8, 4) is 5.75 Å². The molecule has 0 unspecified atom stereocenters. The number of rotatable bonds is 3. The molecule has 0 radical (unpaired) electrons. The van der Waals surface area contributed by atoms with Gasteiger partial charge in [0, 0.05) is 5.02 Å². The normalized spacial score (nSPS) is 10.5. The molecule has 0 aromatic heterocycles. The lowest BCUT2D eigenvalue weighted by Crippen LogP contribution is -2.05. The average molecular weight is 199 g/mol. The van der Waals surface area contributed by atoms with Crippen molar-refractivity contribution in [3.05, 3.63) is 28.8 Å². The molecule has 72 valence electrons. The first-order valence-corrected chi connectivity index (χ1v) is 4.95. The highest BCUT2D eigenvalue weighted by atomic mass is 35.5. The van der Waals surface area contributed by atoms with Crippen LogP contribution in [0.15, 0.2) is 18.2 Å². The molecular formula is C11H15ClO. The molecule has 13 heavy (non-hydrogen) atoms. The van der Waals surface area contributed by atoms with Crippen LogP contribution in [0.5, 0.6) is 5.75 Å². The second-order valence-corrected chi connectivity index (χ2v) is 3.75. The molecule has 0 spiro atoms. The SMILES string of the molecule is CCc1cc(Cl)cc(OC(C)C)c1. The van der Waals surface area contributed by atoms with Crippen LogP contribution >= 0.6 is 11.6 Å². The van der Waals surface area contributed by atoms with Crippen LogP contribution in [0.25, 0.3) is 0 Å². The number of halogens is 1. The van der Waals surface area contributed by atoms with Crippen LogP contribution in [0.4, 0.5) is 0 Å². The molecular weight excluding hydrogens is 184 g/mol. The van der Waals surface area contributed by atoms with E-state index in [1.807, 2.05) is 32.0 Å². The monoisotopic (exact) mass is 198 g/mol. The number of benzene rings is 1. The maximum atomic E-state index is 5.93. The maximum absolute atomic E-state index is 5.93. The van der Waals surface area contributed by atoms with Crippen molar-refractivity contribution in [1.82, 2.24) is 0 Å². The zero-order chi connectivity index (χ0) is 9.84. The molecule has 0 N–H and O–H groups in total. The van der Waals surface area contributed by atoms with E-state index in [-0.39, 0.29) is 6.10 Å². The highest BCUT2D eigenvalue weighted by molar-refractivity contribution is 6.30. The van der Waals surface area contributed by atoms with E-state index in [2.05, 4.69) is 6.92 Å². The molecule has 1 nitrogen and oxygen atoms in total. The topological polar surface area (TPSA) is 9.23 Å². The van der Waals surface area contributed by atoms with Crippen molar-refractivity contribution in [2.75, 3.05) is 0 Å². The number of ether oxygens (including phenoxy) is 1. The highest BCUT2D eigenvalue weighted by Gasteiger charge is 2.01. The van der Waals surface area contributed by atoms with Gasteiger partial charge in [0.15, 0.2) is 0 Å². The van der Waals surface area contributed by atoms with Gasteiger partial charge in [0.2, 0.25) is 0 Å². The molecule has 0 saturated heterocycles. The van der Waals surface area contributed by atoms with Gasteiger partial charge in [0.25, 0.3) is 0 Å². The van der Waals surface area contributed by atoms with Gasteiger partial charge in [0.1, 0.15) is 5.75 Å². The van der Waals surface area contributed by atoms with Crippen LogP contribution in [0, 0.1) is 0 Å². The second-order valence-electron chi connectivity index (χ2n) is 3.32. The summed E-state index contributed by atoms with van der Waals surface area (Å²) in [5.41, 5.74) is 1.21. The van der Waals surface area contributed by atoms with Crippen molar-refractivity contribution in [2.24, 2.45) is 0 Å². The lowest BCUT2D eigenvalue weighted by molar-refractivity contribution is 0.242. The molecule has 0 aliphatic carbocycles. The molecule has 0 bridgehead atoms. The second kappa shape index (κ2) is 4.52. The summed E-state index contributed by atoms with van der Waals surface area (Å²) >= 11 is 5.93. The molecule has 1 aromatic rings. The maximum Gasteiger partial charge on any atom is 0.121 e. The molecule has 0 amide bonds. The minimum absolute atomic E-state index is 0.197. The molecule has 0 heterocycles. The summed E-state index contributed by atoms with van der Waals surface area (Å²) in [5.74, 6) is 0.861. The molecule has 0 fully saturated rings. The van der Waals surface area contributed by atoms with Crippen LogP contribution in [-0.2, 0) is 6.42 Å². The van der Waals surface area contributed by atoms with Gasteiger partial charge in [-0.3, -0.25) is 0 Å². The fourth-order valence-corrected chi connectivity index (χ4v) is 1.41. The van der Waals surface area contributed by atoms with Crippen molar-refractivity contribution >= 4 is 11.6 Å². The molecule has 0 saturated carbocycles. The minimum atomic E-state index is 0.197. The largest absolute Gasteiger partial charge is 0.491 e. The Balaban J connectivity index is 2.88. The third kappa shape index (κ3) is 3.27. The Morgan fingerprint density at radius 2 is 2.00 bits per heavy atom. The van der Waals surface area contributed by atoms with Crippen molar-refractivity contribution < 1.29 is 4.74 Å². The lowest BCUT2D eigenvalue weighted by atomic mass is 10.1. The van der Waals surface area contributed by atoms with E-state index in [0.29, 0.717) is 0 Å². The summed E-state index contributed by atoms with van der Waals surface area (Å²) in [6, 6.07) is 5.85. The minimum Gasteiger partial charge on any atom is -0.491 e. The molecule has 2 heteroatoms. The van der Waals surface area contributed by atoms with Crippen LogP contribution in [-0.4, -0.2) is 6.10 Å². The van der Waals surface area contributed by atoms with Crippen molar-refractivity contribution in [2.45, 2.75) is 33.3 Å². The van der Waals surface area contributed by atoms with Gasteiger partial charge in [-0.15, -0.1) is 0 Å². The summed E-state index contributed by atoms with van der Waals surface area (Å²) in [5, 5.41) is 0.745. The van der Waals surface area contributed by atoms with Crippen molar-refractivity contribution in [1.29, 1.82) is 0 Å². The third-order valence-corrected chi connectivity index (χ3v) is 1.93. The predicted molar refractivity (Wildman–Crippen MR) is 56.6 cm³/mol. The van der Waals surface area contributed by atoms with Gasteiger partial charge in [-0.05, 0) is 44.0 Å². The van der Waals surface area contributed by atoms with Crippen molar-refractivity contribution in [3.63, 3.8) is 0 Å². The fraction of sp³-hybridized carbons (Fsp3) is 0.455. The Morgan fingerprint density at radius 3 is 2.54 bits per heavy atom. The predicted octanol–water partition coefficient (Wildman–Crippen LogP) is 3.69. The van der Waals surface area contributed by atoms with Crippen LogP contribution in [0.3, 0.4) is 0 Å². The summed E-state index contributed by atoms with van der Waals surface area (Å²) < 4.78 is 5.55. The van der Waals surface area contributed by atoms with E-state index in [9.17, 15) is 0 Å². The van der Waals surface area contributed by atoms with Crippen LogP contribution < -0.4 is 4.74 Å². The Hall–Kier alpha value is -0.690. The van der Waals surface area contributed by atoms with E-state index < -0.39 is 0 Å². The Kier molecular flexibility index (Phi) is 3.61. The number of hydrogen-bond acceptors (Lipinski definition) is 1. The molecule has 1 aromatic carbocycles. The molecule has 0 atom stereocenters. The molecule has 1 rings (SSSR count). The third-order valence-electron chi connectivity index (χ3n) is 1.71. The zero-order valence-electron chi connectivity index (χ0n) is 8.30. The number of aryl methyl sites for hydroxylation is 1. The van der Waals surface area contributed by atoms with Gasteiger partial charge >= 0.3 is 0 Å². The summed E-state index contributed by atoms with van der Waals surface area (Å²) in [6.45, 7) is 6.11. The first kappa shape index (κ1) is 10.4. The Labute approximate surface area is 84.7 Å². The molecule has 0 aliphatic rings. The standard InChI is InChI=1S/C11H15ClO/c1-4-9-5-10(12)7-11(6-9)13-8(2)3/h5-8H,4H2,1-3H3. The van der Waals surface area contributed by atoms with E-state index >= 15 is 0 Å². The number of hydrogen-bond donors (Lipinski definition) is 0. The van der Waals surface area contributed by atoms with Gasteiger partial charge < -0.3 is 4.74 Å². The smallest absolute Gasteiger partial charge is 0.121 e. The zero-order valence-corrected chi connectivity index (χ0v) is 9.06. The highest BCUT2D eigenvalue weighted by Crippen LogP contribution is 2.22. The van der Waals surface area contributed by atoms with E-state index in [1.54, 1.807) is 0 Å². The molecule has 0 aliphatic heterocycles. The quantitative estimate of drug-likeness (QED) is 0.720. The van der Waals surface area contributed by atoms with Crippen LogP contribution in [0.1, 0.15) is 26.3 Å². The average Bonchev–Trinajstić information content (AvgIpc) is 2.01. The van der Waals surface area contributed by atoms with Gasteiger partial charge in [0.05, 0.1) is 6.10 Å². The van der Waals surface area contributed by atoms with Crippen LogP contribution in [0.2, 0.25) is 5.02 Å². The van der Waals surface area contributed by atoms with E-state index in [1.165, 1.54) is 5.56 Å². The first-order valence-electron chi connectivity index (χ1n) is 4.58. The fourth-order valence-electron chi connectivity index (χ4n) is 1.17. The first-order chi connectivity index (χ1) is 6.11. The van der Waals surface area contributed by atoms with Gasteiger partial charge in [-0.2, -0.15) is 0 Å². The Morgan fingerprint density at radius 1 is 1.31 bits per heavy atom. The lowest BCUT2D eigenvalue weighted by Gasteiger charge is -2.11. The summed E-state index contributed by atoms with van der Waals surface area (Å²) in [4.78, 5) is 0.